The van der Waals surface area contributed by atoms with Crippen molar-refractivity contribution in [2.45, 2.75) is 26.4 Å². The number of nitrogens with zero attached hydrogens (tertiary/aromatic N) is 2. The van der Waals surface area contributed by atoms with Gasteiger partial charge in [0.15, 0.2) is 18.1 Å². The van der Waals surface area contributed by atoms with Crippen LogP contribution in [0.2, 0.25) is 0 Å². The number of amides is 1. The minimum atomic E-state index is -1.00. The molecule has 0 atom stereocenters. The highest BCUT2D eigenvalue weighted by molar-refractivity contribution is 5.96. The summed E-state index contributed by atoms with van der Waals surface area (Å²) in [7, 11) is 2.66. The molecule has 30 heavy (non-hydrogen) atoms. The van der Waals surface area contributed by atoms with Gasteiger partial charge in [-0.2, -0.15) is 0 Å². The number of nitro groups is 1. The van der Waals surface area contributed by atoms with E-state index in [2.05, 4.69) is 0 Å². The van der Waals surface area contributed by atoms with Gasteiger partial charge in [0, 0.05) is 18.7 Å². The average Bonchev–Trinajstić information content (AvgIpc) is 2.74. The Morgan fingerprint density at radius 3 is 2.20 bits per heavy atom. The molecule has 0 fully saturated rings. The third kappa shape index (κ3) is 5.47. The van der Waals surface area contributed by atoms with E-state index in [-0.39, 0.29) is 23.1 Å². The fourth-order valence-corrected chi connectivity index (χ4v) is 2.81. The quantitative estimate of drug-likeness (QED) is 0.351. The molecule has 2 aromatic rings. The fraction of sp³-hybridized carbons (Fsp3) is 0.333. The van der Waals surface area contributed by atoms with E-state index in [1.54, 1.807) is 4.90 Å². The highest BCUT2D eigenvalue weighted by Gasteiger charge is 2.27. The second-order valence-electron chi connectivity index (χ2n) is 6.66. The van der Waals surface area contributed by atoms with Crippen LogP contribution in [0.3, 0.4) is 0 Å². The molecule has 0 spiro atoms. The number of hydrogen-bond donors (Lipinski definition) is 0. The van der Waals surface area contributed by atoms with Crippen molar-refractivity contribution in [2.75, 3.05) is 20.8 Å². The normalized spacial score (nSPS) is 10.4. The third-order valence-corrected chi connectivity index (χ3v) is 4.38. The van der Waals surface area contributed by atoms with Crippen LogP contribution in [0.4, 0.5) is 5.69 Å². The molecule has 2 rings (SSSR count). The van der Waals surface area contributed by atoms with Crippen LogP contribution in [-0.2, 0) is 16.1 Å². The Morgan fingerprint density at radius 1 is 1.07 bits per heavy atom. The smallest absolute Gasteiger partial charge is 0.345 e. The summed E-state index contributed by atoms with van der Waals surface area (Å²) in [6.07, 6.45) is 0. The van der Waals surface area contributed by atoms with Crippen molar-refractivity contribution in [1.82, 2.24) is 4.90 Å². The summed E-state index contributed by atoms with van der Waals surface area (Å²) in [6, 6.07) is 11.5. The summed E-state index contributed by atoms with van der Waals surface area (Å²) in [6.45, 7) is 3.50. The van der Waals surface area contributed by atoms with Crippen LogP contribution in [0.1, 0.15) is 29.8 Å². The van der Waals surface area contributed by atoms with Crippen molar-refractivity contribution >= 4 is 17.6 Å². The lowest BCUT2D eigenvalue weighted by Crippen LogP contribution is -2.39. The maximum atomic E-state index is 12.6. The van der Waals surface area contributed by atoms with Crippen molar-refractivity contribution in [1.29, 1.82) is 0 Å². The average molecular weight is 416 g/mol. The first kappa shape index (κ1) is 22.7. The van der Waals surface area contributed by atoms with Gasteiger partial charge in [0.05, 0.1) is 25.2 Å². The molecule has 0 saturated carbocycles. The predicted molar refractivity (Wildman–Crippen MR) is 109 cm³/mol. The second-order valence-corrected chi connectivity index (χ2v) is 6.66. The number of carbonyl (C=O) groups is 2. The van der Waals surface area contributed by atoms with E-state index in [1.165, 1.54) is 14.2 Å². The third-order valence-electron chi connectivity index (χ3n) is 4.38. The molecular weight excluding hydrogens is 392 g/mol. The van der Waals surface area contributed by atoms with Gasteiger partial charge in [-0.15, -0.1) is 0 Å². The Morgan fingerprint density at radius 2 is 1.67 bits per heavy atom. The molecule has 0 bridgehead atoms. The van der Waals surface area contributed by atoms with E-state index in [4.69, 9.17) is 14.2 Å². The SMILES string of the molecule is COc1cc(C(=O)OCC(=O)N(Cc2ccccc2)C(C)C)c([N+](=O)[O-])cc1OC. The van der Waals surface area contributed by atoms with Crippen LogP contribution in [0, 0.1) is 10.1 Å². The van der Waals surface area contributed by atoms with Gasteiger partial charge in [-0.3, -0.25) is 14.9 Å². The van der Waals surface area contributed by atoms with Crippen molar-refractivity contribution < 1.29 is 28.7 Å². The number of rotatable bonds is 9. The molecule has 0 aliphatic heterocycles. The van der Waals surface area contributed by atoms with E-state index < -0.39 is 29.1 Å². The first-order valence-electron chi connectivity index (χ1n) is 9.19. The lowest BCUT2D eigenvalue weighted by atomic mass is 10.1. The summed E-state index contributed by atoms with van der Waals surface area (Å²) in [5.41, 5.74) is 0.0983. The molecule has 160 valence electrons. The van der Waals surface area contributed by atoms with Crippen LogP contribution in [0.5, 0.6) is 11.5 Å². The van der Waals surface area contributed by atoms with Gasteiger partial charge in [0.1, 0.15) is 5.56 Å². The standard InChI is InChI=1S/C21H24N2O7/c1-14(2)22(12-15-8-6-5-7-9-15)20(24)13-30-21(25)16-10-18(28-3)19(29-4)11-17(16)23(26)27/h5-11,14H,12-13H2,1-4H3. The van der Waals surface area contributed by atoms with Gasteiger partial charge >= 0.3 is 5.97 Å². The van der Waals surface area contributed by atoms with E-state index in [0.29, 0.717) is 6.54 Å². The molecule has 0 aliphatic rings. The van der Waals surface area contributed by atoms with Crippen LogP contribution in [0.15, 0.2) is 42.5 Å². The van der Waals surface area contributed by atoms with Crippen molar-refractivity contribution in [3.8, 4) is 11.5 Å². The van der Waals surface area contributed by atoms with Gasteiger partial charge in [-0.25, -0.2) is 4.79 Å². The van der Waals surface area contributed by atoms with E-state index in [0.717, 1.165) is 17.7 Å². The van der Waals surface area contributed by atoms with Gasteiger partial charge in [-0.05, 0) is 19.4 Å². The van der Waals surface area contributed by atoms with Gasteiger partial charge in [-0.1, -0.05) is 30.3 Å². The number of esters is 1. The lowest BCUT2D eigenvalue weighted by molar-refractivity contribution is -0.385. The lowest BCUT2D eigenvalue weighted by Gasteiger charge is -2.26. The Bertz CT molecular complexity index is 913. The zero-order valence-corrected chi connectivity index (χ0v) is 17.3. The minimum absolute atomic E-state index is 0.102. The van der Waals surface area contributed by atoms with Gasteiger partial charge in [0.2, 0.25) is 0 Å². The summed E-state index contributed by atoms with van der Waals surface area (Å²) < 4.78 is 15.2. The molecule has 2 aromatic carbocycles. The summed E-state index contributed by atoms with van der Waals surface area (Å²) in [5.74, 6) is -1.18. The predicted octanol–water partition coefficient (Wildman–Crippen LogP) is 3.21. The molecule has 0 aromatic heterocycles. The van der Waals surface area contributed by atoms with Crippen molar-refractivity contribution in [3.05, 3.63) is 63.7 Å². The number of ether oxygens (including phenoxy) is 3. The molecule has 1 amide bonds. The topological polar surface area (TPSA) is 108 Å². The summed E-state index contributed by atoms with van der Waals surface area (Å²) in [5, 5.41) is 11.4. The molecule has 0 saturated heterocycles. The van der Waals surface area contributed by atoms with Gasteiger partial charge < -0.3 is 19.1 Å². The molecule has 0 unspecified atom stereocenters. The second kappa shape index (κ2) is 10.2. The first-order valence-corrected chi connectivity index (χ1v) is 9.19. The largest absolute Gasteiger partial charge is 0.493 e. The molecule has 0 heterocycles. The Kier molecular flexibility index (Phi) is 7.74. The Balaban J connectivity index is 2.17. The number of methoxy groups -OCH3 is 2. The highest BCUT2D eigenvalue weighted by Crippen LogP contribution is 2.34. The molecule has 9 nitrogen and oxygen atoms in total. The van der Waals surface area contributed by atoms with Crippen molar-refractivity contribution in [3.63, 3.8) is 0 Å². The van der Waals surface area contributed by atoms with E-state index in [9.17, 15) is 19.7 Å². The Hall–Kier alpha value is -3.62. The van der Waals surface area contributed by atoms with Crippen LogP contribution in [-0.4, -0.2) is 48.6 Å². The number of carbonyl (C=O) groups excluding carboxylic acids is 2. The van der Waals surface area contributed by atoms with E-state index >= 15 is 0 Å². The zero-order chi connectivity index (χ0) is 22.3. The number of benzene rings is 2. The summed E-state index contributed by atoms with van der Waals surface area (Å²) in [4.78, 5) is 37.3. The molecule has 9 heteroatoms. The number of nitro benzene ring substituents is 1. The van der Waals surface area contributed by atoms with E-state index in [1.807, 2.05) is 44.2 Å². The maximum Gasteiger partial charge on any atom is 0.345 e. The minimum Gasteiger partial charge on any atom is -0.493 e. The monoisotopic (exact) mass is 416 g/mol. The number of hydrogen-bond acceptors (Lipinski definition) is 7. The highest BCUT2D eigenvalue weighted by atomic mass is 16.6. The molecule has 0 radical (unpaired) electrons. The van der Waals surface area contributed by atoms with Gasteiger partial charge in [0.25, 0.3) is 11.6 Å². The first-order chi connectivity index (χ1) is 14.3. The zero-order valence-electron chi connectivity index (χ0n) is 17.3. The Labute approximate surface area is 174 Å². The molecule has 0 aliphatic carbocycles. The molecule has 0 N–H and O–H groups in total. The van der Waals surface area contributed by atoms with Crippen molar-refractivity contribution in [2.24, 2.45) is 0 Å². The fourth-order valence-electron chi connectivity index (χ4n) is 2.81. The maximum absolute atomic E-state index is 12.6. The van der Waals surface area contributed by atoms with Crippen LogP contribution in [0.25, 0.3) is 0 Å². The van der Waals surface area contributed by atoms with Crippen LogP contribution < -0.4 is 9.47 Å². The molecular formula is C21H24N2O7. The van der Waals surface area contributed by atoms with Crippen LogP contribution >= 0.6 is 0 Å². The summed E-state index contributed by atoms with van der Waals surface area (Å²) >= 11 is 0.